The Kier molecular flexibility index (Phi) is 3.26. The van der Waals surface area contributed by atoms with Crippen molar-refractivity contribution in [3.63, 3.8) is 0 Å². The fourth-order valence-corrected chi connectivity index (χ4v) is 5.09. The summed E-state index contributed by atoms with van der Waals surface area (Å²) in [5.74, 6) is -1.68. The second-order valence-corrected chi connectivity index (χ2v) is 7.14. The number of ether oxygens (including phenoxy) is 1. The summed E-state index contributed by atoms with van der Waals surface area (Å²) < 4.78 is 5.03. The lowest BCUT2D eigenvalue weighted by molar-refractivity contribution is -0.148. The summed E-state index contributed by atoms with van der Waals surface area (Å²) in [7, 11) is 1.36. The van der Waals surface area contributed by atoms with Crippen LogP contribution in [0.1, 0.15) is 34.4 Å². The second-order valence-electron chi connectivity index (χ2n) is 7.14. The molecular formula is C23H18O3. The predicted molar refractivity (Wildman–Crippen MR) is 99.1 cm³/mol. The second kappa shape index (κ2) is 5.53. The summed E-state index contributed by atoms with van der Waals surface area (Å²) in [5.41, 5.74) is 3.26. The molecule has 0 aromatic heterocycles. The van der Waals surface area contributed by atoms with E-state index in [0.29, 0.717) is 0 Å². The van der Waals surface area contributed by atoms with Crippen molar-refractivity contribution in [2.75, 3.05) is 7.11 Å². The minimum atomic E-state index is -0.742. The van der Waals surface area contributed by atoms with Gasteiger partial charge in [0.05, 0.1) is 13.0 Å². The molecule has 1 fully saturated rings. The molecule has 0 N–H and O–H groups in total. The standard InChI is InChI=1S/C23H18O3/c1-26-23(25)21-20-16-12-6-10-13-9-5-11-15(17(13)16)19(20)18(22(21)24)14-7-3-2-4-8-14/h2-12,18-21H,1H3. The molecule has 0 amide bonds. The largest absolute Gasteiger partial charge is 0.468 e. The van der Waals surface area contributed by atoms with Gasteiger partial charge in [-0.15, -0.1) is 0 Å². The molecule has 0 spiro atoms. The molecule has 3 aromatic carbocycles. The Morgan fingerprint density at radius 2 is 1.50 bits per heavy atom. The van der Waals surface area contributed by atoms with Crippen LogP contribution < -0.4 is 0 Å². The van der Waals surface area contributed by atoms with Gasteiger partial charge in [0, 0.05) is 11.8 Å². The van der Waals surface area contributed by atoms with Crippen LogP contribution in [0.15, 0.2) is 66.7 Å². The molecule has 4 atom stereocenters. The molecule has 2 aliphatic rings. The SMILES string of the molecule is COC(=O)C1C(=O)C(c2ccccc2)C2c3cccc4cccc(c34)C12. The first-order valence-corrected chi connectivity index (χ1v) is 8.90. The van der Waals surface area contributed by atoms with E-state index < -0.39 is 11.9 Å². The lowest BCUT2D eigenvalue weighted by Crippen LogP contribution is -2.26. The summed E-state index contributed by atoms with van der Waals surface area (Å²) in [6.45, 7) is 0. The highest BCUT2D eigenvalue weighted by Crippen LogP contribution is 2.61. The van der Waals surface area contributed by atoms with Crippen LogP contribution in [0.2, 0.25) is 0 Å². The summed E-state index contributed by atoms with van der Waals surface area (Å²) in [6, 6.07) is 22.2. The molecule has 3 heteroatoms. The van der Waals surface area contributed by atoms with Gasteiger partial charge in [0.2, 0.25) is 0 Å². The smallest absolute Gasteiger partial charge is 0.316 e. The summed E-state index contributed by atoms with van der Waals surface area (Å²) >= 11 is 0. The van der Waals surface area contributed by atoms with Crippen molar-refractivity contribution in [2.45, 2.75) is 17.8 Å². The maximum absolute atomic E-state index is 13.3. The van der Waals surface area contributed by atoms with Gasteiger partial charge in [-0.3, -0.25) is 9.59 Å². The Bertz CT molecular complexity index is 1030. The van der Waals surface area contributed by atoms with Gasteiger partial charge in [0.25, 0.3) is 0 Å². The number of benzene rings is 3. The van der Waals surface area contributed by atoms with Crippen LogP contribution in [-0.2, 0) is 14.3 Å². The van der Waals surface area contributed by atoms with Crippen molar-refractivity contribution < 1.29 is 14.3 Å². The monoisotopic (exact) mass is 342 g/mol. The van der Waals surface area contributed by atoms with Gasteiger partial charge in [-0.2, -0.15) is 0 Å². The lowest BCUT2D eigenvalue weighted by atomic mass is 9.82. The summed E-state index contributed by atoms with van der Waals surface area (Å²) in [6.07, 6.45) is 0. The quantitative estimate of drug-likeness (QED) is 0.518. The van der Waals surface area contributed by atoms with Crippen LogP contribution in [0.5, 0.6) is 0 Å². The molecule has 2 aliphatic carbocycles. The average Bonchev–Trinajstić information content (AvgIpc) is 3.16. The molecule has 0 bridgehead atoms. The Morgan fingerprint density at radius 1 is 0.846 bits per heavy atom. The average molecular weight is 342 g/mol. The number of carbonyl (C=O) groups is 2. The summed E-state index contributed by atoms with van der Waals surface area (Å²) in [4.78, 5) is 25.9. The number of hydrogen-bond donors (Lipinski definition) is 0. The fourth-order valence-electron chi connectivity index (χ4n) is 5.09. The number of ketones is 1. The number of Topliss-reactive ketones (excluding diaryl/α,β-unsaturated/α-hetero) is 1. The van der Waals surface area contributed by atoms with Gasteiger partial charge < -0.3 is 4.74 Å². The zero-order chi connectivity index (χ0) is 17.8. The molecule has 1 saturated carbocycles. The Balaban J connectivity index is 1.78. The van der Waals surface area contributed by atoms with E-state index in [1.807, 2.05) is 42.5 Å². The van der Waals surface area contributed by atoms with Crippen LogP contribution >= 0.6 is 0 Å². The van der Waals surface area contributed by atoms with Gasteiger partial charge in [0.15, 0.2) is 5.78 Å². The highest BCUT2D eigenvalue weighted by atomic mass is 16.5. The molecule has 0 aliphatic heterocycles. The van der Waals surface area contributed by atoms with Gasteiger partial charge in [-0.25, -0.2) is 0 Å². The van der Waals surface area contributed by atoms with Crippen LogP contribution in [0.3, 0.4) is 0 Å². The van der Waals surface area contributed by atoms with Gasteiger partial charge in [-0.05, 0) is 27.5 Å². The normalized spacial score (nSPS) is 26.1. The van der Waals surface area contributed by atoms with Crippen LogP contribution in [0.25, 0.3) is 10.8 Å². The first kappa shape index (κ1) is 15.3. The number of rotatable bonds is 2. The summed E-state index contributed by atoms with van der Waals surface area (Å²) in [5, 5.41) is 2.37. The van der Waals surface area contributed by atoms with Crippen molar-refractivity contribution >= 4 is 22.5 Å². The molecule has 3 nitrogen and oxygen atoms in total. The molecule has 4 unspecified atom stereocenters. The minimum Gasteiger partial charge on any atom is -0.468 e. The number of methoxy groups -OCH3 is 1. The van der Waals surface area contributed by atoms with Gasteiger partial charge in [-0.1, -0.05) is 66.7 Å². The topological polar surface area (TPSA) is 43.4 Å². The maximum atomic E-state index is 13.3. The molecular weight excluding hydrogens is 324 g/mol. The molecule has 5 rings (SSSR count). The van der Waals surface area contributed by atoms with Crippen molar-refractivity contribution in [2.24, 2.45) is 5.92 Å². The zero-order valence-electron chi connectivity index (χ0n) is 14.4. The molecule has 3 aromatic rings. The van der Waals surface area contributed by atoms with Crippen LogP contribution in [-0.4, -0.2) is 18.9 Å². The van der Waals surface area contributed by atoms with E-state index >= 15 is 0 Å². The molecule has 0 radical (unpaired) electrons. The van der Waals surface area contributed by atoms with E-state index in [0.717, 1.165) is 16.5 Å². The van der Waals surface area contributed by atoms with Crippen LogP contribution in [0, 0.1) is 5.92 Å². The Labute approximate surface area is 151 Å². The highest BCUT2D eigenvalue weighted by Gasteiger charge is 2.58. The first-order chi connectivity index (χ1) is 12.7. The third-order valence-corrected chi connectivity index (χ3v) is 6.02. The van der Waals surface area contributed by atoms with Gasteiger partial charge in [0.1, 0.15) is 5.92 Å². The Hall–Kier alpha value is -2.94. The third-order valence-electron chi connectivity index (χ3n) is 6.02. The van der Waals surface area contributed by atoms with Gasteiger partial charge >= 0.3 is 5.97 Å². The zero-order valence-corrected chi connectivity index (χ0v) is 14.4. The van der Waals surface area contributed by atoms with Crippen molar-refractivity contribution in [3.05, 3.63) is 83.4 Å². The van der Waals surface area contributed by atoms with E-state index in [2.05, 4.69) is 24.3 Å². The highest BCUT2D eigenvalue weighted by molar-refractivity contribution is 6.09. The molecule has 0 heterocycles. The van der Waals surface area contributed by atoms with E-state index in [1.54, 1.807) is 0 Å². The van der Waals surface area contributed by atoms with E-state index in [9.17, 15) is 9.59 Å². The first-order valence-electron chi connectivity index (χ1n) is 8.90. The Morgan fingerprint density at radius 3 is 2.15 bits per heavy atom. The van der Waals surface area contributed by atoms with Crippen LogP contribution in [0.4, 0.5) is 0 Å². The number of esters is 1. The predicted octanol–water partition coefficient (Wildman–Crippen LogP) is 4.18. The van der Waals surface area contributed by atoms with Crippen molar-refractivity contribution in [3.8, 4) is 0 Å². The number of hydrogen-bond acceptors (Lipinski definition) is 3. The molecule has 0 saturated heterocycles. The van der Waals surface area contributed by atoms with E-state index in [1.165, 1.54) is 18.1 Å². The van der Waals surface area contributed by atoms with E-state index in [-0.39, 0.29) is 23.5 Å². The lowest BCUT2D eigenvalue weighted by Gasteiger charge is -2.19. The fraction of sp³-hybridized carbons (Fsp3) is 0.217. The van der Waals surface area contributed by atoms with E-state index in [4.69, 9.17) is 4.74 Å². The van der Waals surface area contributed by atoms with Crippen molar-refractivity contribution in [1.29, 1.82) is 0 Å². The molecule has 26 heavy (non-hydrogen) atoms. The number of fused-ring (bicyclic) bond motifs is 3. The molecule has 128 valence electrons. The third kappa shape index (κ3) is 1.88. The van der Waals surface area contributed by atoms with Crippen molar-refractivity contribution in [1.82, 2.24) is 0 Å². The number of carbonyl (C=O) groups excluding carboxylic acids is 2. The minimum absolute atomic E-state index is 0.0184. The maximum Gasteiger partial charge on any atom is 0.316 e.